The summed E-state index contributed by atoms with van der Waals surface area (Å²) in [5.74, 6) is 1.63. The summed E-state index contributed by atoms with van der Waals surface area (Å²) in [5.41, 5.74) is 6.02. The molecule has 2 aliphatic heterocycles. The van der Waals surface area contributed by atoms with Gasteiger partial charge < -0.3 is 26.4 Å². The van der Waals surface area contributed by atoms with E-state index < -0.39 is 6.04 Å². The summed E-state index contributed by atoms with van der Waals surface area (Å²) in [4.78, 5) is 27.2. The average Bonchev–Trinajstić information content (AvgIpc) is 3.23. The van der Waals surface area contributed by atoms with E-state index in [9.17, 15) is 4.79 Å². The molecule has 0 bridgehead atoms. The van der Waals surface area contributed by atoms with E-state index in [0.717, 1.165) is 50.7 Å². The number of piperidine rings is 1. The van der Waals surface area contributed by atoms with E-state index in [1.807, 2.05) is 12.3 Å². The van der Waals surface area contributed by atoms with Gasteiger partial charge in [0.1, 0.15) is 5.82 Å². The first-order valence-corrected chi connectivity index (χ1v) is 14.9. The molecule has 1 saturated carbocycles. The number of anilines is 2. The van der Waals surface area contributed by atoms with Gasteiger partial charge in [-0.15, -0.1) is 0 Å². The van der Waals surface area contributed by atoms with Crippen LogP contribution in [-0.2, 0) is 4.79 Å². The third-order valence-electron chi connectivity index (χ3n) is 8.50. The molecule has 4 rings (SSSR count). The van der Waals surface area contributed by atoms with E-state index in [1.165, 1.54) is 57.8 Å². The van der Waals surface area contributed by atoms with Crippen molar-refractivity contribution in [2.45, 2.75) is 114 Å². The minimum absolute atomic E-state index is 0.0633. The first-order valence-electron chi connectivity index (χ1n) is 14.9. The Bertz CT molecular complexity index is 811. The maximum Gasteiger partial charge on any atom is 0.236 e. The molecule has 3 fully saturated rings. The van der Waals surface area contributed by atoms with E-state index in [2.05, 4.69) is 25.4 Å². The summed E-state index contributed by atoms with van der Waals surface area (Å²) in [5, 5.41) is 15.8. The maximum absolute atomic E-state index is 12.5. The number of nitrogens with two attached hydrogens (primary N) is 1. The highest BCUT2D eigenvalue weighted by Gasteiger charge is 2.36. The van der Waals surface area contributed by atoms with E-state index >= 15 is 0 Å². The van der Waals surface area contributed by atoms with E-state index in [1.54, 1.807) is 0 Å². The van der Waals surface area contributed by atoms with Crippen molar-refractivity contribution in [3.05, 3.63) is 12.3 Å². The van der Waals surface area contributed by atoms with Crippen LogP contribution in [-0.4, -0.2) is 82.8 Å². The van der Waals surface area contributed by atoms with Crippen molar-refractivity contribution in [2.24, 2.45) is 5.73 Å². The van der Waals surface area contributed by atoms with Gasteiger partial charge in [0.15, 0.2) is 0 Å². The smallest absolute Gasteiger partial charge is 0.236 e. The monoisotopic (exact) mass is 515 g/mol. The molecule has 0 spiro atoms. The summed E-state index contributed by atoms with van der Waals surface area (Å²) in [6, 6.07) is 2.66. The van der Waals surface area contributed by atoms with Crippen LogP contribution in [0.3, 0.4) is 0 Å². The predicted molar refractivity (Wildman–Crippen MR) is 149 cm³/mol. The second kappa shape index (κ2) is 14.8. The molecular formula is C28H49N7O2. The topological polar surface area (TPSA) is 120 Å². The first-order chi connectivity index (χ1) is 18.2. The van der Waals surface area contributed by atoms with Crippen molar-refractivity contribution in [1.29, 1.82) is 0 Å². The quantitative estimate of drug-likeness (QED) is 0.355. The van der Waals surface area contributed by atoms with Crippen molar-refractivity contribution in [3.8, 4) is 0 Å². The third kappa shape index (κ3) is 8.26. The fourth-order valence-corrected chi connectivity index (χ4v) is 6.46. The molecule has 208 valence electrons. The molecular weight excluding hydrogens is 466 g/mol. The van der Waals surface area contributed by atoms with Gasteiger partial charge in [-0.2, -0.15) is 4.98 Å². The van der Waals surface area contributed by atoms with Gasteiger partial charge in [-0.25, -0.2) is 4.98 Å². The van der Waals surface area contributed by atoms with Crippen LogP contribution in [0.5, 0.6) is 0 Å². The van der Waals surface area contributed by atoms with Crippen molar-refractivity contribution >= 4 is 17.7 Å². The van der Waals surface area contributed by atoms with Gasteiger partial charge >= 0.3 is 0 Å². The number of hydrogen-bond acceptors (Lipinski definition) is 8. The van der Waals surface area contributed by atoms with Crippen LogP contribution in [0.2, 0.25) is 0 Å². The molecule has 2 saturated heterocycles. The van der Waals surface area contributed by atoms with Crippen LogP contribution in [0, 0.1) is 0 Å². The van der Waals surface area contributed by atoms with Crippen LogP contribution < -0.4 is 21.3 Å². The molecule has 1 aliphatic carbocycles. The average molecular weight is 516 g/mol. The Hall–Kier alpha value is -1.97. The van der Waals surface area contributed by atoms with Gasteiger partial charge in [-0.3, -0.25) is 9.69 Å². The molecule has 0 aromatic carbocycles. The standard InChI is InChI=1S/C28H49N7O2/c29-23(12-9-21-36)27(37)30-16-14-25-24(13-8-20-35(25)22-10-4-3-5-11-22)32-28-31-17-15-26(33-28)34-18-6-1-2-7-19-34/h15,17,22-25,36H,1-14,16,18-21,29H2,(H,30,37)(H,31,32,33)/t23?,24-,25+/m0/s1. The molecule has 9 nitrogen and oxygen atoms in total. The summed E-state index contributed by atoms with van der Waals surface area (Å²) in [6.45, 7) is 3.92. The molecule has 3 heterocycles. The molecule has 5 N–H and O–H groups in total. The normalized spacial score (nSPS) is 24.9. The number of nitrogens with zero attached hydrogens (tertiary/aromatic N) is 4. The van der Waals surface area contributed by atoms with Gasteiger partial charge in [0, 0.05) is 50.6 Å². The van der Waals surface area contributed by atoms with Crippen molar-refractivity contribution in [3.63, 3.8) is 0 Å². The molecule has 37 heavy (non-hydrogen) atoms. The molecule has 1 unspecified atom stereocenters. The van der Waals surface area contributed by atoms with Crippen molar-refractivity contribution in [2.75, 3.05) is 43.0 Å². The molecule has 3 aliphatic rings. The van der Waals surface area contributed by atoms with Gasteiger partial charge in [0.05, 0.1) is 6.04 Å². The number of nitrogens with one attached hydrogen (secondary N) is 2. The molecule has 1 aromatic rings. The minimum Gasteiger partial charge on any atom is -0.396 e. The second-order valence-corrected chi connectivity index (χ2v) is 11.2. The molecule has 0 radical (unpaired) electrons. The Balaban J connectivity index is 1.42. The number of amides is 1. The number of hydrogen-bond donors (Lipinski definition) is 4. The lowest BCUT2D eigenvalue weighted by molar-refractivity contribution is -0.122. The maximum atomic E-state index is 12.5. The number of carbonyl (C=O) groups is 1. The highest BCUT2D eigenvalue weighted by molar-refractivity contribution is 5.81. The molecule has 1 aromatic heterocycles. The lowest BCUT2D eigenvalue weighted by atomic mass is 9.87. The predicted octanol–water partition coefficient (Wildman–Crippen LogP) is 3.04. The van der Waals surface area contributed by atoms with Crippen LogP contribution in [0.25, 0.3) is 0 Å². The van der Waals surface area contributed by atoms with Crippen LogP contribution in [0.1, 0.15) is 89.9 Å². The highest BCUT2D eigenvalue weighted by Crippen LogP contribution is 2.31. The fraction of sp³-hybridized carbons (Fsp3) is 0.821. The second-order valence-electron chi connectivity index (χ2n) is 11.2. The summed E-state index contributed by atoms with van der Waals surface area (Å²) < 4.78 is 0. The first kappa shape index (κ1) is 28.0. The van der Waals surface area contributed by atoms with Gasteiger partial charge in [-0.1, -0.05) is 32.1 Å². The Kier molecular flexibility index (Phi) is 11.2. The van der Waals surface area contributed by atoms with E-state index in [-0.39, 0.29) is 18.6 Å². The zero-order valence-corrected chi connectivity index (χ0v) is 22.6. The molecule has 3 atom stereocenters. The van der Waals surface area contributed by atoms with Crippen LogP contribution >= 0.6 is 0 Å². The van der Waals surface area contributed by atoms with Crippen LogP contribution in [0.4, 0.5) is 11.8 Å². The summed E-state index contributed by atoms with van der Waals surface area (Å²) in [7, 11) is 0. The SMILES string of the molecule is NC(CCCO)C(=O)NCC[C@@H]1[C@@H](Nc2nccc(N3CCCCCC3)n2)CCCN1C1CCCCC1. The number of rotatable bonds is 11. The van der Waals surface area contributed by atoms with E-state index in [0.29, 0.717) is 31.5 Å². The number of aliphatic hydroxyl groups is 1. The lowest BCUT2D eigenvalue weighted by Gasteiger charge is -2.47. The number of aliphatic hydroxyl groups excluding tert-OH is 1. The summed E-state index contributed by atoms with van der Waals surface area (Å²) in [6.07, 6.45) is 17.6. The fourth-order valence-electron chi connectivity index (χ4n) is 6.46. The van der Waals surface area contributed by atoms with E-state index in [4.69, 9.17) is 15.8 Å². The largest absolute Gasteiger partial charge is 0.396 e. The molecule has 9 heteroatoms. The van der Waals surface area contributed by atoms with Crippen molar-refractivity contribution < 1.29 is 9.90 Å². The Morgan fingerprint density at radius 1 is 1.05 bits per heavy atom. The number of aromatic nitrogens is 2. The Morgan fingerprint density at radius 3 is 2.57 bits per heavy atom. The molecule has 1 amide bonds. The van der Waals surface area contributed by atoms with Gasteiger partial charge in [0.25, 0.3) is 0 Å². The van der Waals surface area contributed by atoms with Crippen LogP contribution in [0.15, 0.2) is 12.3 Å². The Morgan fingerprint density at radius 2 is 1.81 bits per heavy atom. The Labute approximate surface area is 223 Å². The third-order valence-corrected chi connectivity index (χ3v) is 8.50. The summed E-state index contributed by atoms with van der Waals surface area (Å²) >= 11 is 0. The lowest BCUT2D eigenvalue weighted by Crippen LogP contribution is -2.56. The number of likely N-dealkylation sites (tertiary alicyclic amines) is 1. The zero-order chi connectivity index (χ0) is 25.9. The van der Waals surface area contributed by atoms with Gasteiger partial charge in [-0.05, 0) is 70.4 Å². The van der Waals surface area contributed by atoms with Crippen molar-refractivity contribution in [1.82, 2.24) is 20.2 Å². The zero-order valence-electron chi connectivity index (χ0n) is 22.6. The van der Waals surface area contributed by atoms with Gasteiger partial charge in [0.2, 0.25) is 11.9 Å². The highest BCUT2D eigenvalue weighted by atomic mass is 16.3. The number of carbonyl (C=O) groups excluding carboxylic acids is 1. The minimum atomic E-state index is -0.558.